The van der Waals surface area contributed by atoms with Crippen LogP contribution in [0.5, 0.6) is 0 Å². The first-order valence-electron chi connectivity index (χ1n) is 8.48. The van der Waals surface area contributed by atoms with Gasteiger partial charge in [-0.05, 0) is 12.5 Å². The quantitative estimate of drug-likeness (QED) is 0.806. The second-order valence-electron chi connectivity index (χ2n) is 6.43. The van der Waals surface area contributed by atoms with Crippen molar-refractivity contribution < 1.29 is 23.9 Å². The number of para-hydroxylation sites is 1. The first kappa shape index (κ1) is 17.3. The first-order valence-corrected chi connectivity index (χ1v) is 8.48. The molecule has 0 unspecified atom stereocenters. The lowest BCUT2D eigenvalue weighted by atomic mass is 9.65. The first-order chi connectivity index (χ1) is 13.1. The van der Waals surface area contributed by atoms with E-state index >= 15 is 0 Å². The highest BCUT2D eigenvalue weighted by Crippen LogP contribution is 2.55. The topological polar surface area (TPSA) is 115 Å². The Morgan fingerprint density at radius 1 is 1.33 bits per heavy atom. The molecular formula is C19H17N3O5. The lowest BCUT2D eigenvalue weighted by Crippen LogP contribution is -2.49. The number of ether oxygens (including phenoxy) is 2. The molecule has 8 heteroatoms. The van der Waals surface area contributed by atoms with Crippen molar-refractivity contribution in [1.29, 1.82) is 5.26 Å². The molecule has 1 aromatic rings. The zero-order valence-electron chi connectivity index (χ0n) is 14.7. The van der Waals surface area contributed by atoms with E-state index < -0.39 is 11.3 Å². The molecule has 4 rings (SSSR count). The van der Waals surface area contributed by atoms with E-state index in [4.69, 9.17) is 20.0 Å². The fraction of sp³-hybridized carbons (Fsp3) is 0.316. The average molecular weight is 367 g/mol. The van der Waals surface area contributed by atoms with Gasteiger partial charge in [0.05, 0.1) is 11.3 Å². The van der Waals surface area contributed by atoms with Crippen molar-refractivity contribution in [3.8, 4) is 6.07 Å². The smallest absolute Gasteiger partial charge is 0.271 e. The van der Waals surface area contributed by atoms with Gasteiger partial charge in [-0.15, -0.1) is 0 Å². The van der Waals surface area contributed by atoms with E-state index in [-0.39, 0.29) is 36.0 Å². The van der Waals surface area contributed by atoms with Crippen LogP contribution in [0.3, 0.4) is 0 Å². The second-order valence-corrected chi connectivity index (χ2v) is 6.43. The summed E-state index contributed by atoms with van der Waals surface area (Å²) >= 11 is 0. The molecule has 0 saturated carbocycles. The van der Waals surface area contributed by atoms with Gasteiger partial charge >= 0.3 is 0 Å². The number of nitrogens with zero attached hydrogens (tertiary/aromatic N) is 2. The molecule has 1 amide bonds. The number of methoxy groups -OCH3 is 1. The predicted octanol–water partition coefficient (Wildman–Crippen LogP) is 1.54. The van der Waals surface area contributed by atoms with E-state index in [0.717, 1.165) is 5.06 Å². The summed E-state index contributed by atoms with van der Waals surface area (Å²) in [6, 6.07) is 8.86. The number of anilines is 1. The van der Waals surface area contributed by atoms with Gasteiger partial charge in [-0.3, -0.25) is 9.59 Å². The highest BCUT2D eigenvalue weighted by atomic mass is 16.8. The highest BCUT2D eigenvalue weighted by Gasteiger charge is 2.62. The van der Waals surface area contributed by atoms with Crippen molar-refractivity contribution in [3.63, 3.8) is 0 Å². The second kappa shape index (κ2) is 6.23. The Balaban J connectivity index is 2.04. The minimum absolute atomic E-state index is 0.0996. The van der Waals surface area contributed by atoms with Crippen molar-refractivity contribution in [3.05, 3.63) is 52.6 Å². The Bertz CT molecular complexity index is 958. The number of hydrogen-bond donors (Lipinski definition) is 1. The number of hydrogen-bond acceptors (Lipinski definition) is 7. The van der Waals surface area contributed by atoms with Crippen LogP contribution in [-0.4, -0.2) is 25.6 Å². The minimum atomic E-state index is -1.66. The third-order valence-corrected chi connectivity index (χ3v) is 5.04. The molecule has 1 spiro atoms. The summed E-state index contributed by atoms with van der Waals surface area (Å²) in [4.78, 5) is 32.0. The highest BCUT2D eigenvalue weighted by molar-refractivity contribution is 6.19. The van der Waals surface area contributed by atoms with Crippen LogP contribution < -0.4 is 10.8 Å². The van der Waals surface area contributed by atoms with Gasteiger partial charge in [0, 0.05) is 25.5 Å². The maximum absolute atomic E-state index is 13.6. The summed E-state index contributed by atoms with van der Waals surface area (Å²) < 4.78 is 10.5. The molecule has 1 aromatic carbocycles. The fourth-order valence-corrected chi connectivity index (χ4v) is 4.03. The van der Waals surface area contributed by atoms with Gasteiger partial charge in [0.15, 0.2) is 18.0 Å². The molecule has 0 bridgehead atoms. The molecule has 2 N–H and O–H groups in total. The van der Waals surface area contributed by atoms with Gasteiger partial charge in [-0.25, -0.2) is 4.84 Å². The Morgan fingerprint density at radius 2 is 2.11 bits per heavy atom. The Morgan fingerprint density at radius 3 is 2.85 bits per heavy atom. The van der Waals surface area contributed by atoms with Crippen molar-refractivity contribution >= 4 is 17.4 Å². The molecule has 3 aliphatic rings. The van der Waals surface area contributed by atoms with Gasteiger partial charge in [-0.2, -0.15) is 10.3 Å². The number of amides is 1. The number of rotatable bonds is 3. The van der Waals surface area contributed by atoms with E-state index in [9.17, 15) is 14.9 Å². The monoisotopic (exact) mass is 367 g/mol. The van der Waals surface area contributed by atoms with E-state index in [1.165, 1.54) is 7.11 Å². The van der Waals surface area contributed by atoms with Gasteiger partial charge in [0.1, 0.15) is 17.4 Å². The van der Waals surface area contributed by atoms with Crippen LogP contribution in [-0.2, 0) is 29.3 Å². The van der Waals surface area contributed by atoms with Crippen LogP contribution >= 0.6 is 0 Å². The summed E-state index contributed by atoms with van der Waals surface area (Å²) in [5.41, 5.74) is 5.34. The number of Topliss-reactive ketones (excluding diaryl/α,β-unsaturated/α-hetero) is 1. The maximum atomic E-state index is 13.6. The number of hydroxylamine groups is 1. The summed E-state index contributed by atoms with van der Waals surface area (Å²) in [6.07, 6.45) is 1.34. The van der Waals surface area contributed by atoms with E-state index in [0.29, 0.717) is 29.9 Å². The van der Waals surface area contributed by atoms with Crippen molar-refractivity contribution in [2.75, 3.05) is 19.0 Å². The number of carbonyl (C=O) groups is 2. The standard InChI is InChI=1S/C19H17N3O5/c1-25-10-26-22-13-6-3-2-5-11(13)19(18(22)24)12(9-20)17(21)27-15-8-4-7-14(23)16(15)19/h2-3,5-6H,4,7-8,10,21H2,1H3/t19-/m1/s1. The number of carbonyl (C=O) groups excluding carboxylic acids is 2. The number of fused-ring (bicyclic) bond motifs is 3. The SMILES string of the molecule is COCON1C(=O)[C@@]2(C(C#N)=C(N)OC3=C2C(=O)CCC3)c2ccccc21. The summed E-state index contributed by atoms with van der Waals surface area (Å²) in [7, 11) is 1.43. The number of benzene rings is 1. The Hall–Kier alpha value is -3.15. The van der Waals surface area contributed by atoms with E-state index in [1.54, 1.807) is 24.3 Å². The third-order valence-electron chi connectivity index (χ3n) is 5.04. The van der Waals surface area contributed by atoms with Gasteiger partial charge in [0.25, 0.3) is 5.91 Å². The molecule has 2 heterocycles. The molecule has 0 aromatic heterocycles. The molecule has 8 nitrogen and oxygen atoms in total. The number of nitriles is 1. The van der Waals surface area contributed by atoms with Crippen LogP contribution in [0.1, 0.15) is 24.8 Å². The molecule has 0 saturated heterocycles. The maximum Gasteiger partial charge on any atom is 0.271 e. The van der Waals surface area contributed by atoms with E-state index in [1.807, 2.05) is 6.07 Å². The van der Waals surface area contributed by atoms with Crippen molar-refractivity contribution in [2.45, 2.75) is 24.7 Å². The molecule has 1 aliphatic carbocycles. The van der Waals surface area contributed by atoms with Gasteiger partial charge in [0.2, 0.25) is 5.88 Å². The van der Waals surface area contributed by atoms with Crippen LogP contribution in [0.4, 0.5) is 5.69 Å². The molecule has 0 radical (unpaired) electrons. The van der Waals surface area contributed by atoms with Crippen molar-refractivity contribution in [1.82, 2.24) is 0 Å². The fourth-order valence-electron chi connectivity index (χ4n) is 4.03. The molecule has 2 aliphatic heterocycles. The van der Waals surface area contributed by atoms with Gasteiger partial charge in [-0.1, -0.05) is 18.2 Å². The van der Waals surface area contributed by atoms with E-state index in [2.05, 4.69) is 0 Å². The number of allylic oxidation sites excluding steroid dienone is 1. The number of nitrogens with two attached hydrogens (primary N) is 1. The predicted molar refractivity (Wildman–Crippen MR) is 92.4 cm³/mol. The Kier molecular flexibility index (Phi) is 3.98. The molecule has 27 heavy (non-hydrogen) atoms. The largest absolute Gasteiger partial charge is 0.444 e. The summed E-state index contributed by atoms with van der Waals surface area (Å²) in [6.45, 7) is -0.173. The third kappa shape index (κ3) is 2.16. The van der Waals surface area contributed by atoms with Crippen LogP contribution in [0.25, 0.3) is 0 Å². The van der Waals surface area contributed by atoms with Crippen LogP contribution in [0.15, 0.2) is 47.1 Å². The number of ketones is 1. The van der Waals surface area contributed by atoms with Crippen molar-refractivity contribution in [2.24, 2.45) is 5.73 Å². The lowest BCUT2D eigenvalue weighted by molar-refractivity contribution is -0.135. The molecular weight excluding hydrogens is 350 g/mol. The Labute approximate surface area is 155 Å². The molecule has 138 valence electrons. The zero-order valence-corrected chi connectivity index (χ0v) is 14.7. The van der Waals surface area contributed by atoms with Crippen LogP contribution in [0.2, 0.25) is 0 Å². The molecule has 1 atom stereocenters. The zero-order chi connectivity index (χ0) is 19.2. The minimum Gasteiger partial charge on any atom is -0.444 e. The summed E-state index contributed by atoms with van der Waals surface area (Å²) in [5, 5.41) is 10.9. The normalized spacial score (nSPS) is 24.1. The van der Waals surface area contributed by atoms with Crippen LogP contribution in [0, 0.1) is 11.3 Å². The van der Waals surface area contributed by atoms with Gasteiger partial charge < -0.3 is 15.2 Å². The lowest BCUT2D eigenvalue weighted by Gasteiger charge is -2.37. The summed E-state index contributed by atoms with van der Waals surface area (Å²) in [5.74, 6) is -0.623. The molecule has 0 fully saturated rings. The average Bonchev–Trinajstić information content (AvgIpc) is 2.90.